The molecule has 0 fully saturated rings. The number of thioether (sulfide) groups is 1. The molecule has 0 radical (unpaired) electrons. The predicted octanol–water partition coefficient (Wildman–Crippen LogP) is 4.09. The highest BCUT2D eigenvalue weighted by Gasteiger charge is 2.28. The number of ether oxygens (including phenoxy) is 1. The minimum atomic E-state index is -4.00. The third-order valence-electron chi connectivity index (χ3n) is 3.61. The summed E-state index contributed by atoms with van der Waals surface area (Å²) in [4.78, 5) is 13.1. The van der Waals surface area contributed by atoms with Crippen LogP contribution in [0.4, 0.5) is 5.69 Å². The molecule has 1 N–H and O–H groups in total. The zero-order chi connectivity index (χ0) is 20.2. The van der Waals surface area contributed by atoms with Gasteiger partial charge in [-0.25, -0.2) is 8.42 Å². The fourth-order valence-electron chi connectivity index (χ4n) is 2.32. The molecule has 0 aromatic heterocycles. The van der Waals surface area contributed by atoms with Crippen LogP contribution in [0, 0.1) is 0 Å². The lowest BCUT2D eigenvalue weighted by Crippen LogP contribution is -2.35. The number of methoxy groups -OCH3 is 1. The van der Waals surface area contributed by atoms with Crippen LogP contribution in [-0.2, 0) is 14.8 Å². The molecule has 2 rings (SSSR count). The number of halogens is 2. The maximum Gasteiger partial charge on any atom is 0.247 e. The van der Waals surface area contributed by atoms with E-state index >= 15 is 0 Å². The van der Waals surface area contributed by atoms with Gasteiger partial charge in [0.1, 0.15) is 4.90 Å². The standard InChI is InChI=1S/C17H18BrClN2O4S2/c1-21(10-16(22)20-13-6-4-5-7-14(13)26-3)27(23,24)15-9-11(19)8-12(18)17(15)25-2/h4-9H,10H2,1-3H3,(H,20,22). The van der Waals surface area contributed by atoms with Crippen molar-refractivity contribution in [2.75, 3.05) is 32.3 Å². The first-order valence-corrected chi connectivity index (χ1v) is 11.5. The van der Waals surface area contributed by atoms with Crippen LogP contribution in [0.1, 0.15) is 0 Å². The van der Waals surface area contributed by atoms with E-state index < -0.39 is 15.9 Å². The van der Waals surface area contributed by atoms with Crippen LogP contribution < -0.4 is 10.1 Å². The van der Waals surface area contributed by atoms with E-state index in [4.69, 9.17) is 16.3 Å². The van der Waals surface area contributed by atoms with Crippen LogP contribution >= 0.6 is 39.3 Å². The Bertz CT molecular complexity index is 954. The minimum Gasteiger partial charge on any atom is -0.494 e. The number of nitrogens with one attached hydrogen (secondary N) is 1. The van der Waals surface area contributed by atoms with Crippen LogP contribution in [0.15, 0.2) is 50.7 Å². The Morgan fingerprint density at radius 3 is 2.63 bits per heavy atom. The lowest BCUT2D eigenvalue weighted by Gasteiger charge is -2.19. The molecule has 0 atom stereocenters. The summed E-state index contributed by atoms with van der Waals surface area (Å²) in [5, 5.41) is 2.96. The van der Waals surface area contributed by atoms with Gasteiger partial charge < -0.3 is 10.1 Å². The lowest BCUT2D eigenvalue weighted by molar-refractivity contribution is -0.116. The monoisotopic (exact) mass is 492 g/mol. The molecular weight excluding hydrogens is 476 g/mol. The van der Waals surface area contributed by atoms with Crippen molar-refractivity contribution in [1.82, 2.24) is 4.31 Å². The predicted molar refractivity (Wildman–Crippen MR) is 112 cm³/mol. The number of anilines is 1. The number of amides is 1. The second kappa shape index (κ2) is 9.29. The van der Waals surface area contributed by atoms with Crippen LogP contribution in [0.5, 0.6) is 5.75 Å². The van der Waals surface area contributed by atoms with Crippen molar-refractivity contribution in [3.8, 4) is 5.75 Å². The van der Waals surface area contributed by atoms with Gasteiger partial charge in [0.05, 0.1) is 23.8 Å². The topological polar surface area (TPSA) is 75.7 Å². The van der Waals surface area contributed by atoms with Crippen LogP contribution in [-0.4, -0.2) is 45.6 Å². The minimum absolute atomic E-state index is 0.121. The summed E-state index contributed by atoms with van der Waals surface area (Å²) in [6.07, 6.45) is 1.89. The second-order valence-electron chi connectivity index (χ2n) is 5.43. The fourth-order valence-corrected chi connectivity index (χ4v) is 5.37. The zero-order valence-electron chi connectivity index (χ0n) is 14.8. The van der Waals surface area contributed by atoms with Crippen molar-refractivity contribution >= 4 is 60.9 Å². The molecule has 6 nitrogen and oxygen atoms in total. The Hall–Kier alpha value is -1.26. The number of para-hydroxylation sites is 1. The van der Waals surface area contributed by atoms with E-state index in [0.717, 1.165) is 9.20 Å². The maximum atomic E-state index is 12.9. The van der Waals surface area contributed by atoms with E-state index in [-0.39, 0.29) is 22.2 Å². The van der Waals surface area contributed by atoms with E-state index in [1.807, 2.05) is 18.4 Å². The van der Waals surface area contributed by atoms with E-state index in [1.165, 1.54) is 38.1 Å². The molecule has 0 heterocycles. The van der Waals surface area contributed by atoms with Crippen molar-refractivity contribution in [3.63, 3.8) is 0 Å². The first-order valence-electron chi connectivity index (χ1n) is 7.63. The first kappa shape index (κ1) is 22.0. The van der Waals surface area contributed by atoms with Gasteiger partial charge in [0.25, 0.3) is 0 Å². The second-order valence-corrected chi connectivity index (χ2v) is 9.58. The van der Waals surface area contributed by atoms with Gasteiger partial charge in [-0.2, -0.15) is 4.31 Å². The molecule has 10 heteroatoms. The Kier molecular flexibility index (Phi) is 7.58. The summed E-state index contributed by atoms with van der Waals surface area (Å²) in [5.41, 5.74) is 0.629. The van der Waals surface area contributed by atoms with E-state index in [2.05, 4.69) is 21.2 Å². The molecule has 0 aliphatic heterocycles. The number of likely N-dealkylation sites (N-methyl/N-ethyl adjacent to an activating group) is 1. The van der Waals surface area contributed by atoms with Crippen molar-refractivity contribution in [1.29, 1.82) is 0 Å². The number of hydrogen-bond donors (Lipinski definition) is 1. The van der Waals surface area contributed by atoms with Crippen LogP contribution in [0.3, 0.4) is 0 Å². The van der Waals surface area contributed by atoms with E-state index in [9.17, 15) is 13.2 Å². The number of carbonyl (C=O) groups excluding carboxylic acids is 1. The molecule has 0 saturated carbocycles. The highest BCUT2D eigenvalue weighted by atomic mass is 79.9. The van der Waals surface area contributed by atoms with Gasteiger partial charge in [0, 0.05) is 17.0 Å². The number of carbonyl (C=O) groups is 1. The quantitative estimate of drug-likeness (QED) is 0.588. The molecule has 0 aliphatic rings. The summed E-state index contributed by atoms with van der Waals surface area (Å²) >= 11 is 10.7. The molecule has 0 unspecified atom stereocenters. The molecule has 0 aliphatic carbocycles. The van der Waals surface area contributed by atoms with Crippen LogP contribution in [0.25, 0.3) is 0 Å². The van der Waals surface area contributed by atoms with Gasteiger partial charge in [-0.1, -0.05) is 23.7 Å². The zero-order valence-corrected chi connectivity index (χ0v) is 18.8. The molecule has 146 valence electrons. The summed E-state index contributed by atoms with van der Waals surface area (Å²) < 4.78 is 32.4. The van der Waals surface area contributed by atoms with Crippen molar-refractivity contribution < 1.29 is 17.9 Å². The third kappa shape index (κ3) is 5.17. The number of benzene rings is 2. The van der Waals surface area contributed by atoms with Crippen molar-refractivity contribution in [2.24, 2.45) is 0 Å². The van der Waals surface area contributed by atoms with Gasteiger partial charge in [-0.3, -0.25) is 4.79 Å². The summed E-state index contributed by atoms with van der Waals surface area (Å²) in [5.74, 6) is -0.331. The molecular formula is C17H18BrClN2O4S2. The number of nitrogens with zero attached hydrogens (tertiary/aromatic N) is 1. The summed E-state index contributed by atoms with van der Waals surface area (Å²) in [6.45, 7) is -0.363. The highest BCUT2D eigenvalue weighted by molar-refractivity contribution is 9.10. The molecule has 2 aromatic carbocycles. The van der Waals surface area contributed by atoms with Gasteiger partial charge in [0.15, 0.2) is 5.75 Å². The average molecular weight is 494 g/mol. The van der Waals surface area contributed by atoms with E-state index in [1.54, 1.807) is 12.1 Å². The average Bonchev–Trinajstić information content (AvgIpc) is 2.61. The molecule has 0 spiro atoms. The van der Waals surface area contributed by atoms with Gasteiger partial charge in [-0.15, -0.1) is 11.8 Å². The summed E-state index contributed by atoms with van der Waals surface area (Å²) in [6, 6.07) is 10.1. The fraction of sp³-hybridized carbons (Fsp3) is 0.235. The molecule has 1 amide bonds. The smallest absolute Gasteiger partial charge is 0.247 e. The van der Waals surface area contributed by atoms with Crippen molar-refractivity contribution in [2.45, 2.75) is 9.79 Å². The highest BCUT2D eigenvalue weighted by Crippen LogP contribution is 2.36. The van der Waals surface area contributed by atoms with Gasteiger partial charge in [-0.05, 0) is 46.5 Å². The van der Waals surface area contributed by atoms with Gasteiger partial charge in [0.2, 0.25) is 15.9 Å². The largest absolute Gasteiger partial charge is 0.494 e. The Labute approximate surface area is 176 Å². The normalized spacial score (nSPS) is 11.5. The van der Waals surface area contributed by atoms with Gasteiger partial charge >= 0.3 is 0 Å². The Morgan fingerprint density at radius 1 is 1.33 bits per heavy atom. The number of rotatable bonds is 7. The van der Waals surface area contributed by atoms with E-state index in [0.29, 0.717) is 10.2 Å². The third-order valence-corrected chi connectivity index (χ3v) is 7.03. The van der Waals surface area contributed by atoms with Crippen molar-refractivity contribution in [3.05, 3.63) is 45.9 Å². The molecule has 27 heavy (non-hydrogen) atoms. The summed E-state index contributed by atoms with van der Waals surface area (Å²) in [7, 11) is -1.32. The lowest BCUT2D eigenvalue weighted by atomic mass is 10.3. The number of sulfonamides is 1. The Balaban J connectivity index is 2.24. The van der Waals surface area contributed by atoms with Crippen LogP contribution in [0.2, 0.25) is 5.02 Å². The molecule has 0 saturated heterocycles. The maximum absolute atomic E-state index is 12.9. The SMILES string of the molecule is COc1c(Br)cc(Cl)cc1S(=O)(=O)N(C)CC(=O)Nc1ccccc1SC. The molecule has 0 bridgehead atoms. The first-order chi connectivity index (χ1) is 12.7. The Morgan fingerprint density at radius 2 is 2.00 bits per heavy atom. The molecule has 2 aromatic rings. The number of hydrogen-bond acceptors (Lipinski definition) is 5.